The van der Waals surface area contributed by atoms with E-state index in [4.69, 9.17) is 16.6 Å². The molecular formula is C23H23ClN2O. The van der Waals surface area contributed by atoms with Crippen LogP contribution in [0.4, 0.5) is 0 Å². The van der Waals surface area contributed by atoms with Crippen LogP contribution in [0.2, 0.25) is 5.02 Å². The number of benzene rings is 2. The number of para-hydroxylation sites is 1. The smallest absolute Gasteiger partial charge is 0.252 e. The van der Waals surface area contributed by atoms with Crippen molar-refractivity contribution < 1.29 is 4.79 Å². The van der Waals surface area contributed by atoms with E-state index in [1.807, 2.05) is 55.5 Å². The highest BCUT2D eigenvalue weighted by molar-refractivity contribution is 6.30. The third kappa shape index (κ3) is 3.70. The third-order valence-electron chi connectivity index (χ3n) is 5.40. The number of nitrogens with zero attached hydrogens (tertiary/aromatic N) is 1. The maximum absolute atomic E-state index is 13.2. The molecule has 3 aromatic rings. The molecule has 1 aliphatic rings. The van der Waals surface area contributed by atoms with Gasteiger partial charge in [0.25, 0.3) is 5.91 Å². The van der Waals surface area contributed by atoms with Gasteiger partial charge in [-0.3, -0.25) is 4.79 Å². The number of amides is 1. The monoisotopic (exact) mass is 378 g/mol. The van der Waals surface area contributed by atoms with E-state index in [9.17, 15) is 4.79 Å². The molecule has 27 heavy (non-hydrogen) atoms. The number of halogens is 1. The van der Waals surface area contributed by atoms with Gasteiger partial charge in [-0.2, -0.15) is 0 Å². The third-order valence-corrected chi connectivity index (χ3v) is 5.64. The van der Waals surface area contributed by atoms with Gasteiger partial charge in [0.2, 0.25) is 0 Å². The standard InChI is InChI=1S/C23H23ClN2O/c1-15-21(23(27)25-18-10-3-2-4-11-18)19-12-5-6-13-20(19)26-22(15)16-8-7-9-17(24)14-16/h5-9,12-14,18H,2-4,10-11H2,1H3,(H,25,27). The van der Waals surface area contributed by atoms with E-state index in [2.05, 4.69) is 5.32 Å². The van der Waals surface area contributed by atoms with Crippen LogP contribution in [-0.2, 0) is 0 Å². The molecule has 1 aliphatic carbocycles. The summed E-state index contributed by atoms with van der Waals surface area (Å²) in [6.07, 6.45) is 5.77. The van der Waals surface area contributed by atoms with Crippen molar-refractivity contribution in [3.8, 4) is 11.3 Å². The van der Waals surface area contributed by atoms with Crippen molar-refractivity contribution in [1.29, 1.82) is 0 Å². The SMILES string of the molecule is Cc1c(-c2cccc(Cl)c2)nc2ccccc2c1C(=O)NC1CCCCC1. The van der Waals surface area contributed by atoms with Crippen LogP contribution in [0.3, 0.4) is 0 Å². The number of hydrogen-bond acceptors (Lipinski definition) is 2. The van der Waals surface area contributed by atoms with Gasteiger partial charge in [-0.25, -0.2) is 4.98 Å². The van der Waals surface area contributed by atoms with Crippen LogP contribution in [0.25, 0.3) is 22.2 Å². The van der Waals surface area contributed by atoms with Gasteiger partial charge < -0.3 is 5.32 Å². The Hall–Kier alpha value is -2.39. The summed E-state index contributed by atoms with van der Waals surface area (Å²) in [5.74, 6) is 0.00118. The lowest BCUT2D eigenvalue weighted by molar-refractivity contribution is 0.0929. The van der Waals surface area contributed by atoms with Gasteiger partial charge in [0.1, 0.15) is 0 Å². The molecule has 1 N–H and O–H groups in total. The number of hydrogen-bond donors (Lipinski definition) is 1. The summed E-state index contributed by atoms with van der Waals surface area (Å²) in [4.78, 5) is 18.1. The van der Waals surface area contributed by atoms with Gasteiger partial charge in [0.05, 0.1) is 16.8 Å². The molecule has 0 spiro atoms. The molecule has 0 bridgehead atoms. The molecular weight excluding hydrogens is 356 g/mol. The zero-order chi connectivity index (χ0) is 18.8. The molecule has 0 unspecified atom stereocenters. The second kappa shape index (κ2) is 7.69. The van der Waals surface area contributed by atoms with E-state index < -0.39 is 0 Å². The van der Waals surface area contributed by atoms with E-state index in [1.54, 1.807) is 0 Å². The molecule has 1 amide bonds. The summed E-state index contributed by atoms with van der Waals surface area (Å²) in [6.45, 7) is 1.98. The number of fused-ring (bicyclic) bond motifs is 1. The van der Waals surface area contributed by atoms with Crippen LogP contribution in [-0.4, -0.2) is 16.9 Å². The molecule has 0 saturated heterocycles. The second-order valence-corrected chi connectivity index (χ2v) is 7.73. The predicted molar refractivity (Wildman–Crippen MR) is 111 cm³/mol. The minimum absolute atomic E-state index is 0.00118. The second-order valence-electron chi connectivity index (χ2n) is 7.30. The van der Waals surface area contributed by atoms with Gasteiger partial charge in [-0.15, -0.1) is 0 Å². The molecule has 4 rings (SSSR count). The molecule has 1 saturated carbocycles. The number of carbonyl (C=O) groups excluding carboxylic acids is 1. The quantitative estimate of drug-likeness (QED) is 0.614. The van der Waals surface area contributed by atoms with Crippen molar-refractivity contribution in [2.75, 3.05) is 0 Å². The van der Waals surface area contributed by atoms with Crippen molar-refractivity contribution in [2.24, 2.45) is 0 Å². The predicted octanol–water partition coefficient (Wildman–Crippen LogP) is 5.93. The molecule has 138 valence electrons. The van der Waals surface area contributed by atoms with Gasteiger partial charge in [-0.1, -0.05) is 61.2 Å². The van der Waals surface area contributed by atoms with Crippen molar-refractivity contribution >= 4 is 28.4 Å². The fourth-order valence-electron chi connectivity index (χ4n) is 4.02. The molecule has 3 nitrogen and oxygen atoms in total. The number of aromatic nitrogens is 1. The number of nitrogens with one attached hydrogen (secondary N) is 1. The fraction of sp³-hybridized carbons (Fsp3) is 0.304. The molecule has 0 radical (unpaired) electrons. The minimum atomic E-state index is 0.00118. The van der Waals surface area contributed by atoms with E-state index >= 15 is 0 Å². The lowest BCUT2D eigenvalue weighted by atomic mass is 9.93. The summed E-state index contributed by atoms with van der Waals surface area (Å²) < 4.78 is 0. The first kappa shape index (κ1) is 18.0. The highest BCUT2D eigenvalue weighted by atomic mass is 35.5. The Morgan fingerprint density at radius 1 is 1.07 bits per heavy atom. The maximum atomic E-state index is 13.2. The molecule has 4 heteroatoms. The van der Waals surface area contributed by atoms with Crippen LogP contribution in [0.1, 0.15) is 48.0 Å². The fourth-order valence-corrected chi connectivity index (χ4v) is 4.21. The van der Waals surface area contributed by atoms with Crippen LogP contribution >= 0.6 is 11.6 Å². The summed E-state index contributed by atoms with van der Waals surface area (Å²) in [6, 6.07) is 15.8. The first-order valence-corrected chi connectivity index (χ1v) is 9.97. The average molecular weight is 379 g/mol. The van der Waals surface area contributed by atoms with E-state index in [-0.39, 0.29) is 11.9 Å². The van der Waals surface area contributed by atoms with Crippen LogP contribution in [0.5, 0.6) is 0 Å². The van der Waals surface area contributed by atoms with Crippen LogP contribution < -0.4 is 5.32 Å². The Balaban J connectivity index is 1.82. The van der Waals surface area contributed by atoms with Crippen molar-refractivity contribution in [2.45, 2.75) is 45.1 Å². The molecule has 0 aliphatic heterocycles. The Bertz CT molecular complexity index is 993. The van der Waals surface area contributed by atoms with Gasteiger partial charge >= 0.3 is 0 Å². The van der Waals surface area contributed by atoms with E-state index in [0.717, 1.165) is 46.1 Å². The maximum Gasteiger partial charge on any atom is 0.252 e. The molecule has 1 aromatic heterocycles. The largest absolute Gasteiger partial charge is 0.349 e. The van der Waals surface area contributed by atoms with Gasteiger partial charge in [0, 0.05) is 22.0 Å². The summed E-state index contributed by atoms with van der Waals surface area (Å²) in [5.41, 5.74) is 4.18. The lowest BCUT2D eigenvalue weighted by Crippen LogP contribution is -2.36. The Morgan fingerprint density at radius 3 is 2.63 bits per heavy atom. The molecule has 1 heterocycles. The Kier molecular flexibility index (Phi) is 5.13. The van der Waals surface area contributed by atoms with Crippen molar-refractivity contribution in [3.05, 3.63) is 64.7 Å². The summed E-state index contributed by atoms with van der Waals surface area (Å²) in [7, 11) is 0. The normalized spacial score (nSPS) is 15.0. The highest BCUT2D eigenvalue weighted by Crippen LogP contribution is 2.31. The van der Waals surface area contributed by atoms with Gasteiger partial charge in [0.15, 0.2) is 0 Å². The van der Waals surface area contributed by atoms with Crippen LogP contribution in [0.15, 0.2) is 48.5 Å². The molecule has 2 aromatic carbocycles. The minimum Gasteiger partial charge on any atom is -0.349 e. The topological polar surface area (TPSA) is 42.0 Å². The highest BCUT2D eigenvalue weighted by Gasteiger charge is 2.22. The zero-order valence-corrected chi connectivity index (χ0v) is 16.2. The molecule has 1 fully saturated rings. The Morgan fingerprint density at radius 2 is 1.85 bits per heavy atom. The van der Waals surface area contributed by atoms with Crippen molar-refractivity contribution in [1.82, 2.24) is 10.3 Å². The zero-order valence-electron chi connectivity index (χ0n) is 15.5. The van der Waals surface area contributed by atoms with Crippen LogP contribution in [0, 0.1) is 6.92 Å². The number of carbonyl (C=O) groups is 1. The number of rotatable bonds is 3. The first-order valence-electron chi connectivity index (χ1n) is 9.59. The summed E-state index contributed by atoms with van der Waals surface area (Å²) in [5, 5.41) is 4.82. The van der Waals surface area contributed by atoms with E-state index in [0.29, 0.717) is 5.02 Å². The van der Waals surface area contributed by atoms with Crippen molar-refractivity contribution in [3.63, 3.8) is 0 Å². The first-order chi connectivity index (χ1) is 13.1. The summed E-state index contributed by atoms with van der Waals surface area (Å²) >= 11 is 6.19. The molecule has 0 atom stereocenters. The van der Waals surface area contributed by atoms with E-state index in [1.165, 1.54) is 19.3 Å². The Labute approximate surface area is 164 Å². The lowest BCUT2D eigenvalue weighted by Gasteiger charge is -2.24. The number of pyridine rings is 1. The van der Waals surface area contributed by atoms with Gasteiger partial charge in [-0.05, 0) is 43.5 Å². The average Bonchev–Trinajstić information content (AvgIpc) is 2.68.